The molecular weight excluding hydrogens is 426 g/mol. The average Bonchev–Trinajstić information content (AvgIpc) is 2.78. The van der Waals surface area contributed by atoms with Gasteiger partial charge in [-0.1, -0.05) is 64.1 Å². The Hall–Kier alpha value is -2.71. The van der Waals surface area contributed by atoms with Crippen LogP contribution in [0.5, 0.6) is 0 Å². The van der Waals surface area contributed by atoms with Crippen molar-refractivity contribution in [1.82, 2.24) is 14.9 Å². The summed E-state index contributed by atoms with van der Waals surface area (Å²) in [5.41, 5.74) is 1.15. The van der Waals surface area contributed by atoms with E-state index in [-0.39, 0.29) is 28.3 Å². The van der Waals surface area contributed by atoms with E-state index in [4.69, 9.17) is 0 Å². The zero-order chi connectivity index (χ0) is 23.9. The summed E-state index contributed by atoms with van der Waals surface area (Å²) in [6.45, 7) is 9.78. The third-order valence-corrected chi connectivity index (χ3v) is 7.38. The molecule has 32 heavy (non-hydrogen) atoms. The molecule has 2 N–H and O–H groups in total. The predicted octanol–water partition coefficient (Wildman–Crippen LogP) is 3.35. The molecule has 2 rings (SSSR count). The summed E-state index contributed by atoms with van der Waals surface area (Å²) in [7, 11) is -3.69. The zero-order valence-corrected chi connectivity index (χ0v) is 20.1. The highest BCUT2D eigenvalue weighted by Gasteiger charge is 2.27. The van der Waals surface area contributed by atoms with Crippen LogP contribution in [0.4, 0.5) is 0 Å². The van der Waals surface area contributed by atoms with E-state index in [1.807, 2.05) is 51.1 Å². The number of hydrogen-bond acceptors (Lipinski definition) is 4. The quantitative estimate of drug-likeness (QED) is 0.570. The fourth-order valence-electron chi connectivity index (χ4n) is 3.40. The molecule has 0 aromatic heterocycles. The van der Waals surface area contributed by atoms with Gasteiger partial charge in [-0.25, -0.2) is 8.42 Å². The average molecular weight is 460 g/mol. The Morgan fingerprint density at radius 1 is 0.906 bits per heavy atom. The standard InChI is InChI=1S/C24H33N3O4S/c1-6-27(7-2)32(30,31)21-15-11-14-20(16-21)23(28)26-22(17(3)4)24(29)25-18(5)19-12-9-8-10-13-19/h8-18,22H,6-7H2,1-5H3,(H,25,29)(H,26,28)/t18-,22+/m0/s1. The Kier molecular flexibility index (Phi) is 8.98. The van der Waals surface area contributed by atoms with Crippen molar-refractivity contribution in [3.63, 3.8) is 0 Å². The van der Waals surface area contributed by atoms with Crippen LogP contribution in [0.1, 0.15) is 56.6 Å². The summed E-state index contributed by atoms with van der Waals surface area (Å²) >= 11 is 0. The summed E-state index contributed by atoms with van der Waals surface area (Å²) in [6.07, 6.45) is 0. The molecule has 0 heterocycles. The number of carbonyl (C=O) groups excluding carboxylic acids is 2. The zero-order valence-electron chi connectivity index (χ0n) is 19.3. The van der Waals surface area contributed by atoms with E-state index >= 15 is 0 Å². The molecule has 0 saturated carbocycles. The van der Waals surface area contributed by atoms with Crippen LogP contribution in [0.2, 0.25) is 0 Å². The number of sulfonamides is 1. The van der Waals surface area contributed by atoms with E-state index in [0.717, 1.165) is 5.56 Å². The largest absolute Gasteiger partial charge is 0.348 e. The number of carbonyl (C=O) groups is 2. The smallest absolute Gasteiger partial charge is 0.251 e. The van der Waals surface area contributed by atoms with Crippen molar-refractivity contribution in [3.05, 3.63) is 65.7 Å². The Morgan fingerprint density at radius 2 is 1.53 bits per heavy atom. The highest BCUT2D eigenvalue weighted by atomic mass is 32.2. The fourth-order valence-corrected chi connectivity index (χ4v) is 4.90. The molecule has 0 aliphatic carbocycles. The van der Waals surface area contributed by atoms with Crippen LogP contribution in [0.25, 0.3) is 0 Å². The highest BCUT2D eigenvalue weighted by Crippen LogP contribution is 2.18. The first-order valence-corrected chi connectivity index (χ1v) is 12.3. The second-order valence-electron chi connectivity index (χ2n) is 7.95. The van der Waals surface area contributed by atoms with Crippen LogP contribution < -0.4 is 10.6 Å². The minimum Gasteiger partial charge on any atom is -0.348 e. The molecule has 174 valence electrons. The highest BCUT2D eigenvalue weighted by molar-refractivity contribution is 7.89. The molecule has 0 saturated heterocycles. The molecule has 0 radical (unpaired) electrons. The molecule has 0 aliphatic rings. The SMILES string of the molecule is CCN(CC)S(=O)(=O)c1cccc(C(=O)N[C@@H](C(=O)N[C@@H](C)c2ccccc2)C(C)C)c1. The lowest BCUT2D eigenvalue weighted by Crippen LogP contribution is -2.50. The second-order valence-corrected chi connectivity index (χ2v) is 9.89. The van der Waals surface area contributed by atoms with Crippen LogP contribution in [0.15, 0.2) is 59.5 Å². The summed E-state index contributed by atoms with van der Waals surface area (Å²) in [5, 5.41) is 5.71. The normalized spacial score (nSPS) is 13.6. The minimum absolute atomic E-state index is 0.0529. The van der Waals surface area contributed by atoms with Gasteiger partial charge in [0.15, 0.2) is 0 Å². The molecule has 2 atom stereocenters. The van der Waals surface area contributed by atoms with Gasteiger partial charge >= 0.3 is 0 Å². The summed E-state index contributed by atoms with van der Waals surface area (Å²) in [5.74, 6) is -0.955. The van der Waals surface area contributed by atoms with Crippen molar-refractivity contribution in [2.24, 2.45) is 5.92 Å². The maximum Gasteiger partial charge on any atom is 0.251 e. The lowest BCUT2D eigenvalue weighted by molar-refractivity contribution is -0.124. The molecule has 0 aliphatic heterocycles. The van der Waals surface area contributed by atoms with Gasteiger partial charge < -0.3 is 10.6 Å². The fraction of sp³-hybridized carbons (Fsp3) is 0.417. The van der Waals surface area contributed by atoms with Crippen molar-refractivity contribution >= 4 is 21.8 Å². The number of benzene rings is 2. The third-order valence-electron chi connectivity index (χ3n) is 5.33. The van der Waals surface area contributed by atoms with E-state index in [1.165, 1.54) is 22.5 Å². The van der Waals surface area contributed by atoms with Crippen LogP contribution in [0.3, 0.4) is 0 Å². The van der Waals surface area contributed by atoms with Gasteiger partial charge in [-0.05, 0) is 36.6 Å². The third kappa shape index (κ3) is 6.17. The molecule has 0 bridgehead atoms. The lowest BCUT2D eigenvalue weighted by Gasteiger charge is -2.24. The maximum absolute atomic E-state index is 12.9. The van der Waals surface area contributed by atoms with Gasteiger partial charge in [-0.2, -0.15) is 4.31 Å². The van der Waals surface area contributed by atoms with Crippen LogP contribution >= 0.6 is 0 Å². The van der Waals surface area contributed by atoms with E-state index in [9.17, 15) is 18.0 Å². The molecule has 2 amide bonds. The van der Waals surface area contributed by atoms with Gasteiger partial charge in [-0.15, -0.1) is 0 Å². The van der Waals surface area contributed by atoms with Gasteiger partial charge in [0, 0.05) is 18.7 Å². The molecule has 0 spiro atoms. The van der Waals surface area contributed by atoms with E-state index in [0.29, 0.717) is 13.1 Å². The van der Waals surface area contributed by atoms with Gasteiger partial charge in [0.25, 0.3) is 5.91 Å². The Balaban J connectivity index is 2.19. The van der Waals surface area contributed by atoms with Crippen molar-refractivity contribution < 1.29 is 18.0 Å². The van der Waals surface area contributed by atoms with Crippen molar-refractivity contribution in [1.29, 1.82) is 0 Å². The van der Waals surface area contributed by atoms with Crippen LogP contribution in [0, 0.1) is 5.92 Å². The number of rotatable bonds is 10. The summed E-state index contributed by atoms with van der Waals surface area (Å²) in [6, 6.07) is 14.5. The molecule has 2 aromatic carbocycles. The molecular formula is C24H33N3O4S. The van der Waals surface area contributed by atoms with Crippen molar-refractivity contribution in [2.45, 2.75) is 51.6 Å². The lowest BCUT2D eigenvalue weighted by atomic mass is 10.0. The first-order chi connectivity index (χ1) is 15.1. The Labute approximate surface area is 191 Å². The van der Waals surface area contributed by atoms with Gasteiger partial charge in [0.2, 0.25) is 15.9 Å². The molecule has 0 unspecified atom stereocenters. The number of nitrogens with zero attached hydrogens (tertiary/aromatic N) is 1. The van der Waals surface area contributed by atoms with Gasteiger partial charge in [-0.3, -0.25) is 9.59 Å². The first-order valence-electron chi connectivity index (χ1n) is 10.9. The van der Waals surface area contributed by atoms with Crippen molar-refractivity contribution in [3.8, 4) is 0 Å². The Morgan fingerprint density at radius 3 is 2.09 bits per heavy atom. The van der Waals surface area contributed by atoms with Gasteiger partial charge in [0.05, 0.1) is 10.9 Å². The number of hydrogen-bond donors (Lipinski definition) is 2. The number of amides is 2. The summed E-state index contributed by atoms with van der Waals surface area (Å²) in [4.78, 5) is 25.9. The monoisotopic (exact) mass is 459 g/mol. The first kappa shape index (κ1) is 25.5. The van der Waals surface area contributed by atoms with E-state index in [1.54, 1.807) is 19.9 Å². The van der Waals surface area contributed by atoms with Gasteiger partial charge in [0.1, 0.15) is 6.04 Å². The van der Waals surface area contributed by atoms with E-state index < -0.39 is 22.0 Å². The second kappa shape index (κ2) is 11.2. The van der Waals surface area contributed by atoms with Crippen LogP contribution in [-0.4, -0.2) is 43.7 Å². The minimum atomic E-state index is -3.69. The summed E-state index contributed by atoms with van der Waals surface area (Å²) < 4.78 is 26.9. The molecule has 2 aromatic rings. The Bertz CT molecular complexity index is 1020. The molecule has 0 fully saturated rings. The van der Waals surface area contributed by atoms with E-state index in [2.05, 4.69) is 10.6 Å². The predicted molar refractivity (Wildman–Crippen MR) is 126 cm³/mol. The van der Waals surface area contributed by atoms with Crippen molar-refractivity contribution in [2.75, 3.05) is 13.1 Å². The topological polar surface area (TPSA) is 95.6 Å². The molecule has 7 nitrogen and oxygen atoms in total. The number of nitrogens with one attached hydrogen (secondary N) is 2. The van der Waals surface area contributed by atoms with Crippen LogP contribution in [-0.2, 0) is 14.8 Å². The molecule has 8 heteroatoms. The maximum atomic E-state index is 12.9.